The van der Waals surface area contributed by atoms with Crippen LogP contribution in [-0.2, 0) is 0 Å². The highest BCUT2D eigenvalue weighted by Gasteiger charge is 2.62. The molecule has 3 saturated carbocycles. The van der Waals surface area contributed by atoms with E-state index in [0.717, 1.165) is 43.1 Å². The van der Waals surface area contributed by atoms with Gasteiger partial charge in [-0.05, 0) is 92.4 Å². The Bertz CT molecular complexity index is 554. The van der Waals surface area contributed by atoms with E-state index in [1.807, 2.05) is 0 Å². The van der Waals surface area contributed by atoms with Gasteiger partial charge in [0.05, 0.1) is 11.7 Å². The minimum absolute atomic E-state index is 0.0870. The Morgan fingerprint density at radius 1 is 0.957 bits per heavy atom. The summed E-state index contributed by atoms with van der Waals surface area (Å²) in [6, 6.07) is 0. The first-order valence-electron chi connectivity index (χ1n) is 9.50. The van der Waals surface area contributed by atoms with Gasteiger partial charge in [0.2, 0.25) is 0 Å². The molecule has 130 valence electrons. The molecule has 4 aliphatic carbocycles. The summed E-state index contributed by atoms with van der Waals surface area (Å²) < 4.78 is 0. The fraction of sp³-hybridized carbons (Fsp3) is 0.900. The Kier molecular flexibility index (Phi) is 3.56. The van der Waals surface area contributed by atoms with Crippen LogP contribution in [0.4, 0.5) is 0 Å². The lowest BCUT2D eigenvalue weighted by molar-refractivity contribution is -0.119. The third-order valence-electron chi connectivity index (χ3n) is 8.75. The molecule has 23 heavy (non-hydrogen) atoms. The smallest absolute Gasteiger partial charge is 0.0895 e. The summed E-state index contributed by atoms with van der Waals surface area (Å²) in [5.74, 6) is 2.05. The maximum absolute atomic E-state index is 10.9. The van der Waals surface area contributed by atoms with E-state index in [1.54, 1.807) is 0 Å². The molecule has 4 aliphatic rings. The van der Waals surface area contributed by atoms with Crippen LogP contribution in [0.5, 0.6) is 0 Å². The number of aliphatic hydroxyl groups excluding tert-OH is 1. The van der Waals surface area contributed by atoms with Gasteiger partial charge in [-0.2, -0.15) is 0 Å². The minimum Gasteiger partial charge on any atom is -0.390 e. The van der Waals surface area contributed by atoms with E-state index in [9.17, 15) is 10.2 Å². The third kappa shape index (κ3) is 2.01. The standard InChI is InChI=1S/C20H31ClO2/c1-18-9-8-16(22)17(21)15(18)5-4-12-13(18)6-10-19(2)14(12)7-11-20(19,3)23/h12-14,16,22-23H,4-11H2,1-3H3/t12-,13+,14+,16?,18-,19+,20+/m1/s1. The van der Waals surface area contributed by atoms with Crippen molar-refractivity contribution in [3.05, 3.63) is 10.6 Å². The van der Waals surface area contributed by atoms with E-state index in [4.69, 9.17) is 11.6 Å². The summed E-state index contributed by atoms with van der Waals surface area (Å²) in [6.07, 6.45) is 8.15. The second-order valence-electron chi connectivity index (χ2n) is 9.48. The number of rotatable bonds is 0. The quantitative estimate of drug-likeness (QED) is 0.676. The van der Waals surface area contributed by atoms with Crippen LogP contribution in [0.2, 0.25) is 0 Å². The van der Waals surface area contributed by atoms with Gasteiger partial charge in [-0.15, -0.1) is 0 Å². The van der Waals surface area contributed by atoms with E-state index < -0.39 is 11.7 Å². The average molecular weight is 339 g/mol. The number of allylic oxidation sites excluding steroid dienone is 1. The molecule has 4 rings (SSSR count). The van der Waals surface area contributed by atoms with Crippen molar-refractivity contribution in [3.63, 3.8) is 0 Å². The van der Waals surface area contributed by atoms with Gasteiger partial charge in [-0.25, -0.2) is 0 Å². The second-order valence-corrected chi connectivity index (χ2v) is 9.89. The highest BCUT2D eigenvalue weighted by molar-refractivity contribution is 6.30. The second kappa shape index (κ2) is 4.99. The molecule has 0 spiro atoms. The molecule has 3 heteroatoms. The number of hydrogen-bond donors (Lipinski definition) is 2. The summed E-state index contributed by atoms with van der Waals surface area (Å²) in [4.78, 5) is 0. The van der Waals surface area contributed by atoms with Crippen molar-refractivity contribution >= 4 is 11.6 Å². The fourth-order valence-corrected chi connectivity index (χ4v) is 7.46. The van der Waals surface area contributed by atoms with Crippen LogP contribution in [0.1, 0.15) is 72.1 Å². The topological polar surface area (TPSA) is 40.5 Å². The Labute approximate surface area is 145 Å². The zero-order valence-electron chi connectivity index (χ0n) is 14.7. The molecule has 0 aromatic heterocycles. The van der Waals surface area contributed by atoms with Crippen molar-refractivity contribution in [2.75, 3.05) is 0 Å². The van der Waals surface area contributed by atoms with E-state index in [-0.39, 0.29) is 10.8 Å². The summed E-state index contributed by atoms with van der Waals surface area (Å²) in [5.41, 5.74) is 1.12. The van der Waals surface area contributed by atoms with Crippen molar-refractivity contribution in [1.82, 2.24) is 0 Å². The number of hydrogen-bond acceptors (Lipinski definition) is 2. The van der Waals surface area contributed by atoms with Crippen LogP contribution in [0.15, 0.2) is 10.6 Å². The average Bonchev–Trinajstić information content (AvgIpc) is 2.74. The van der Waals surface area contributed by atoms with Gasteiger partial charge in [0.15, 0.2) is 0 Å². The molecule has 3 fully saturated rings. The lowest BCUT2D eigenvalue weighted by Crippen LogP contribution is -2.54. The maximum Gasteiger partial charge on any atom is 0.0895 e. The van der Waals surface area contributed by atoms with Crippen molar-refractivity contribution in [3.8, 4) is 0 Å². The molecule has 0 bridgehead atoms. The molecular weight excluding hydrogens is 308 g/mol. The molecular formula is C20H31ClO2. The lowest BCUT2D eigenvalue weighted by atomic mass is 9.46. The highest BCUT2D eigenvalue weighted by atomic mass is 35.5. The Hall–Kier alpha value is -0.0500. The van der Waals surface area contributed by atoms with E-state index in [2.05, 4.69) is 20.8 Å². The summed E-state index contributed by atoms with van der Waals surface area (Å²) in [5, 5.41) is 21.9. The Morgan fingerprint density at radius 3 is 2.39 bits per heavy atom. The van der Waals surface area contributed by atoms with Gasteiger partial charge in [-0.1, -0.05) is 25.4 Å². The van der Waals surface area contributed by atoms with Gasteiger partial charge in [0.1, 0.15) is 0 Å². The molecule has 1 unspecified atom stereocenters. The number of halogens is 1. The van der Waals surface area contributed by atoms with E-state index in [0.29, 0.717) is 11.8 Å². The van der Waals surface area contributed by atoms with Gasteiger partial charge in [-0.3, -0.25) is 0 Å². The zero-order chi connectivity index (χ0) is 16.6. The van der Waals surface area contributed by atoms with Gasteiger partial charge in [0.25, 0.3) is 0 Å². The third-order valence-corrected chi connectivity index (χ3v) is 9.23. The molecule has 0 heterocycles. The maximum atomic E-state index is 10.9. The molecule has 0 amide bonds. The largest absolute Gasteiger partial charge is 0.390 e. The first-order valence-corrected chi connectivity index (χ1v) is 9.88. The molecule has 0 radical (unpaired) electrons. The molecule has 0 aliphatic heterocycles. The van der Waals surface area contributed by atoms with Crippen molar-refractivity contribution in [2.24, 2.45) is 28.6 Å². The van der Waals surface area contributed by atoms with Crippen molar-refractivity contribution < 1.29 is 10.2 Å². The molecule has 0 aromatic rings. The Morgan fingerprint density at radius 2 is 1.65 bits per heavy atom. The van der Waals surface area contributed by atoms with E-state index in [1.165, 1.54) is 24.8 Å². The summed E-state index contributed by atoms with van der Waals surface area (Å²) in [7, 11) is 0. The normalized spacial score (nSPS) is 56.1. The molecule has 0 aromatic carbocycles. The first-order chi connectivity index (χ1) is 10.7. The van der Waals surface area contributed by atoms with Crippen LogP contribution in [0.3, 0.4) is 0 Å². The van der Waals surface area contributed by atoms with Crippen LogP contribution in [0.25, 0.3) is 0 Å². The van der Waals surface area contributed by atoms with Crippen LogP contribution >= 0.6 is 11.6 Å². The lowest BCUT2D eigenvalue weighted by Gasteiger charge is -2.59. The fourth-order valence-electron chi connectivity index (χ4n) is 7.04. The SMILES string of the molecule is C[C@]12CCC(O)C(Cl)=C1CC[C@@H]1[C@@H]2CC[C@@]2(C)[C@H]1CC[C@]2(C)O. The monoisotopic (exact) mass is 338 g/mol. The molecule has 2 nitrogen and oxygen atoms in total. The summed E-state index contributed by atoms with van der Waals surface area (Å²) >= 11 is 6.54. The number of fused-ring (bicyclic) bond motifs is 5. The highest BCUT2D eigenvalue weighted by Crippen LogP contribution is 2.68. The van der Waals surface area contributed by atoms with Crippen molar-refractivity contribution in [2.45, 2.75) is 83.8 Å². The predicted octanol–water partition coefficient (Wildman–Crippen LogP) is 4.63. The van der Waals surface area contributed by atoms with Gasteiger partial charge < -0.3 is 10.2 Å². The first kappa shape index (κ1) is 16.4. The minimum atomic E-state index is -0.500. The van der Waals surface area contributed by atoms with Crippen LogP contribution in [0, 0.1) is 28.6 Å². The molecule has 0 saturated heterocycles. The molecule has 2 N–H and O–H groups in total. The predicted molar refractivity (Wildman–Crippen MR) is 93.1 cm³/mol. The number of aliphatic hydroxyl groups is 2. The van der Waals surface area contributed by atoms with Gasteiger partial charge >= 0.3 is 0 Å². The van der Waals surface area contributed by atoms with E-state index >= 15 is 0 Å². The molecule has 7 atom stereocenters. The van der Waals surface area contributed by atoms with Gasteiger partial charge in [0, 0.05) is 5.03 Å². The van der Waals surface area contributed by atoms with Crippen LogP contribution in [-0.4, -0.2) is 21.9 Å². The summed E-state index contributed by atoms with van der Waals surface area (Å²) in [6.45, 7) is 6.81. The zero-order valence-corrected chi connectivity index (χ0v) is 15.5. The van der Waals surface area contributed by atoms with Crippen molar-refractivity contribution in [1.29, 1.82) is 0 Å². The van der Waals surface area contributed by atoms with Crippen LogP contribution < -0.4 is 0 Å². The Balaban J connectivity index is 1.71.